The molecular formula is C18H23N3O3. The normalized spacial score (nSPS) is 12.0. The number of imide groups is 1. The lowest BCUT2D eigenvalue weighted by molar-refractivity contribution is -0.125. The minimum Gasteiger partial charge on any atom is -0.465 e. The lowest BCUT2D eigenvalue weighted by Gasteiger charge is -2.26. The number of aryl methyl sites for hydroxylation is 1. The van der Waals surface area contributed by atoms with Gasteiger partial charge in [0, 0.05) is 6.54 Å². The van der Waals surface area contributed by atoms with Gasteiger partial charge in [-0.1, -0.05) is 30.3 Å². The van der Waals surface area contributed by atoms with Gasteiger partial charge in [-0.05, 0) is 38.6 Å². The van der Waals surface area contributed by atoms with Gasteiger partial charge in [0.25, 0.3) is 0 Å². The van der Waals surface area contributed by atoms with Gasteiger partial charge in [0.15, 0.2) is 0 Å². The molecule has 0 saturated carbocycles. The fourth-order valence-corrected chi connectivity index (χ4v) is 2.53. The Morgan fingerprint density at radius 2 is 1.88 bits per heavy atom. The van der Waals surface area contributed by atoms with Crippen molar-refractivity contribution in [3.8, 4) is 0 Å². The molecule has 0 fully saturated rings. The number of nitrogens with one attached hydrogen (secondary N) is 2. The highest BCUT2D eigenvalue weighted by atomic mass is 16.3. The maximum Gasteiger partial charge on any atom is 0.321 e. The Balaban J connectivity index is 2.19. The average Bonchev–Trinajstić information content (AvgIpc) is 2.93. The summed E-state index contributed by atoms with van der Waals surface area (Å²) in [5.74, 6) is 1.21. The zero-order valence-corrected chi connectivity index (χ0v) is 14.2. The second kappa shape index (κ2) is 8.31. The number of hydrogen-bond acceptors (Lipinski definition) is 4. The highest BCUT2D eigenvalue weighted by molar-refractivity contribution is 5.97. The standard InChI is InChI=1S/C18H23N3O3/c1-4-19-18(23)20-17(22)16(14-8-6-5-7-9-14)21(3)12-15-11-10-13(2)24-15/h5-11,16H,4,12H2,1-3H3,(H2,19,20,22,23)/t16-/m1/s1. The molecule has 0 aliphatic carbocycles. The third-order valence-corrected chi connectivity index (χ3v) is 3.58. The van der Waals surface area contributed by atoms with E-state index in [-0.39, 0.29) is 5.91 Å². The minimum atomic E-state index is -0.598. The Hall–Kier alpha value is -2.60. The van der Waals surface area contributed by atoms with Gasteiger partial charge in [-0.25, -0.2) is 4.79 Å². The third kappa shape index (κ3) is 4.70. The minimum absolute atomic E-state index is 0.377. The molecule has 2 aromatic rings. The fourth-order valence-electron chi connectivity index (χ4n) is 2.53. The van der Waals surface area contributed by atoms with E-state index in [4.69, 9.17) is 4.42 Å². The van der Waals surface area contributed by atoms with Crippen LogP contribution in [0.25, 0.3) is 0 Å². The average molecular weight is 329 g/mol. The zero-order valence-electron chi connectivity index (χ0n) is 14.2. The summed E-state index contributed by atoms with van der Waals surface area (Å²) in [5.41, 5.74) is 0.810. The first-order valence-corrected chi connectivity index (χ1v) is 7.90. The first-order chi connectivity index (χ1) is 11.5. The van der Waals surface area contributed by atoms with Crippen molar-refractivity contribution in [1.82, 2.24) is 15.5 Å². The largest absolute Gasteiger partial charge is 0.465 e. The van der Waals surface area contributed by atoms with E-state index >= 15 is 0 Å². The topological polar surface area (TPSA) is 74.6 Å². The van der Waals surface area contributed by atoms with E-state index in [0.29, 0.717) is 13.1 Å². The van der Waals surface area contributed by atoms with Crippen LogP contribution in [0.1, 0.15) is 30.0 Å². The Labute approximate surface area is 141 Å². The molecule has 24 heavy (non-hydrogen) atoms. The van der Waals surface area contributed by atoms with Crippen LogP contribution in [0.5, 0.6) is 0 Å². The lowest BCUT2D eigenvalue weighted by Crippen LogP contribution is -2.45. The molecule has 0 bridgehead atoms. The van der Waals surface area contributed by atoms with Gasteiger partial charge in [0.1, 0.15) is 17.6 Å². The van der Waals surface area contributed by atoms with Crippen molar-refractivity contribution < 1.29 is 14.0 Å². The van der Waals surface area contributed by atoms with Crippen molar-refractivity contribution in [2.75, 3.05) is 13.6 Å². The van der Waals surface area contributed by atoms with Gasteiger partial charge in [-0.2, -0.15) is 0 Å². The van der Waals surface area contributed by atoms with Gasteiger partial charge < -0.3 is 9.73 Å². The van der Waals surface area contributed by atoms with E-state index < -0.39 is 12.1 Å². The molecule has 1 atom stereocenters. The Morgan fingerprint density at radius 1 is 1.17 bits per heavy atom. The van der Waals surface area contributed by atoms with E-state index in [1.807, 2.05) is 61.3 Å². The van der Waals surface area contributed by atoms with Crippen LogP contribution in [0.15, 0.2) is 46.9 Å². The zero-order chi connectivity index (χ0) is 17.5. The van der Waals surface area contributed by atoms with Gasteiger partial charge in [0.05, 0.1) is 6.54 Å². The van der Waals surface area contributed by atoms with Gasteiger partial charge in [-0.15, -0.1) is 0 Å². The summed E-state index contributed by atoms with van der Waals surface area (Å²) in [6, 6.07) is 12.0. The number of carbonyl (C=O) groups is 2. The van der Waals surface area contributed by atoms with Crippen LogP contribution in [0, 0.1) is 6.92 Å². The van der Waals surface area contributed by atoms with E-state index in [1.54, 1.807) is 6.92 Å². The molecule has 6 heteroatoms. The fraction of sp³-hybridized carbons (Fsp3) is 0.333. The Morgan fingerprint density at radius 3 is 2.46 bits per heavy atom. The van der Waals surface area contributed by atoms with E-state index in [2.05, 4.69) is 10.6 Å². The van der Waals surface area contributed by atoms with Crippen molar-refractivity contribution in [3.63, 3.8) is 0 Å². The lowest BCUT2D eigenvalue weighted by atomic mass is 10.0. The number of furan rings is 1. The molecule has 128 valence electrons. The molecule has 2 N–H and O–H groups in total. The number of likely N-dealkylation sites (N-methyl/N-ethyl adjacent to an activating group) is 1. The molecule has 1 heterocycles. The summed E-state index contributed by atoms with van der Waals surface area (Å²) in [6.07, 6.45) is 0. The summed E-state index contributed by atoms with van der Waals surface area (Å²) in [7, 11) is 1.83. The smallest absolute Gasteiger partial charge is 0.321 e. The summed E-state index contributed by atoms with van der Waals surface area (Å²) in [6.45, 7) is 4.58. The van der Waals surface area contributed by atoms with Crippen LogP contribution in [-0.4, -0.2) is 30.4 Å². The van der Waals surface area contributed by atoms with Crippen LogP contribution in [0.4, 0.5) is 4.79 Å². The molecule has 2 rings (SSSR count). The van der Waals surface area contributed by atoms with Gasteiger partial charge in [-0.3, -0.25) is 15.0 Å². The molecule has 1 aromatic heterocycles. The maximum atomic E-state index is 12.6. The monoisotopic (exact) mass is 329 g/mol. The predicted molar refractivity (Wildman–Crippen MR) is 91.3 cm³/mol. The van der Waals surface area contributed by atoms with Crippen molar-refractivity contribution in [1.29, 1.82) is 0 Å². The summed E-state index contributed by atoms with van der Waals surface area (Å²) < 4.78 is 5.59. The number of rotatable bonds is 6. The molecule has 0 radical (unpaired) electrons. The quantitative estimate of drug-likeness (QED) is 0.854. The molecular weight excluding hydrogens is 306 g/mol. The van der Waals surface area contributed by atoms with Crippen LogP contribution < -0.4 is 10.6 Å². The summed E-state index contributed by atoms with van der Waals surface area (Å²) in [5, 5.41) is 4.96. The predicted octanol–water partition coefficient (Wildman–Crippen LogP) is 2.61. The summed E-state index contributed by atoms with van der Waals surface area (Å²) in [4.78, 5) is 26.2. The number of hydrogen-bond donors (Lipinski definition) is 2. The van der Waals surface area contributed by atoms with E-state index in [9.17, 15) is 9.59 Å². The summed E-state index contributed by atoms with van der Waals surface area (Å²) >= 11 is 0. The van der Waals surface area contributed by atoms with Crippen LogP contribution in [0.3, 0.4) is 0 Å². The number of nitrogens with zero attached hydrogens (tertiary/aromatic N) is 1. The molecule has 0 saturated heterocycles. The molecule has 0 spiro atoms. The number of amides is 3. The Kier molecular flexibility index (Phi) is 6.14. The molecule has 6 nitrogen and oxygen atoms in total. The highest BCUT2D eigenvalue weighted by Crippen LogP contribution is 2.22. The van der Waals surface area contributed by atoms with Crippen molar-refractivity contribution in [2.24, 2.45) is 0 Å². The first-order valence-electron chi connectivity index (χ1n) is 7.90. The van der Waals surface area contributed by atoms with Crippen molar-refractivity contribution in [2.45, 2.75) is 26.4 Å². The van der Waals surface area contributed by atoms with Crippen LogP contribution in [-0.2, 0) is 11.3 Å². The molecule has 0 unspecified atom stereocenters. The highest BCUT2D eigenvalue weighted by Gasteiger charge is 2.27. The second-order valence-electron chi connectivity index (χ2n) is 5.59. The number of urea groups is 1. The maximum absolute atomic E-state index is 12.6. The number of carbonyl (C=O) groups excluding carboxylic acids is 2. The van der Waals surface area contributed by atoms with Crippen LogP contribution >= 0.6 is 0 Å². The van der Waals surface area contributed by atoms with Crippen molar-refractivity contribution in [3.05, 3.63) is 59.5 Å². The molecule has 1 aromatic carbocycles. The molecule has 0 aliphatic heterocycles. The Bertz CT molecular complexity index is 682. The molecule has 3 amide bonds. The van der Waals surface area contributed by atoms with Crippen molar-refractivity contribution >= 4 is 11.9 Å². The van der Waals surface area contributed by atoms with E-state index in [0.717, 1.165) is 17.1 Å². The number of benzene rings is 1. The van der Waals surface area contributed by atoms with E-state index in [1.165, 1.54) is 0 Å². The van der Waals surface area contributed by atoms with Crippen LogP contribution in [0.2, 0.25) is 0 Å². The second-order valence-corrected chi connectivity index (χ2v) is 5.59. The van der Waals surface area contributed by atoms with Gasteiger partial charge in [0.2, 0.25) is 5.91 Å². The molecule has 0 aliphatic rings. The SMILES string of the molecule is CCNC(=O)NC(=O)[C@@H](c1ccccc1)N(C)Cc1ccc(C)o1. The third-order valence-electron chi connectivity index (χ3n) is 3.58. The first kappa shape index (κ1) is 17.7. The van der Waals surface area contributed by atoms with Gasteiger partial charge >= 0.3 is 6.03 Å².